The van der Waals surface area contributed by atoms with E-state index in [4.69, 9.17) is 9.47 Å². The number of hydrogen-bond acceptors (Lipinski definition) is 4. The van der Waals surface area contributed by atoms with Gasteiger partial charge < -0.3 is 19.7 Å². The molecule has 2 fully saturated rings. The summed E-state index contributed by atoms with van der Waals surface area (Å²) < 4.78 is 37.8. The fourth-order valence-corrected chi connectivity index (χ4v) is 4.72. The van der Waals surface area contributed by atoms with E-state index in [9.17, 15) is 13.6 Å². The summed E-state index contributed by atoms with van der Waals surface area (Å²) in [7, 11) is 0. The SMILES string of the molecule is CCN(C(=O)Oc1ccc(F)c(F)c1)C1CCC(OCCCCC2CCNCC2)CC1. The maximum Gasteiger partial charge on any atom is 0.415 e. The smallest absolute Gasteiger partial charge is 0.410 e. The molecular weight excluding hydrogens is 402 g/mol. The van der Waals surface area contributed by atoms with Crippen molar-refractivity contribution in [1.82, 2.24) is 10.2 Å². The minimum absolute atomic E-state index is 0.0175. The molecule has 0 bridgehead atoms. The Kier molecular flexibility index (Phi) is 9.53. The van der Waals surface area contributed by atoms with E-state index >= 15 is 0 Å². The van der Waals surface area contributed by atoms with Crippen molar-refractivity contribution in [2.24, 2.45) is 5.92 Å². The highest BCUT2D eigenvalue weighted by atomic mass is 19.2. The van der Waals surface area contributed by atoms with Gasteiger partial charge >= 0.3 is 6.09 Å². The van der Waals surface area contributed by atoms with Gasteiger partial charge in [0.15, 0.2) is 11.6 Å². The molecule has 1 N–H and O–H groups in total. The van der Waals surface area contributed by atoms with E-state index in [1.807, 2.05) is 6.92 Å². The molecule has 1 heterocycles. The highest BCUT2D eigenvalue weighted by molar-refractivity contribution is 5.71. The molecule has 174 valence electrons. The fraction of sp³-hybridized carbons (Fsp3) is 0.708. The van der Waals surface area contributed by atoms with Crippen LogP contribution in [0.25, 0.3) is 0 Å². The Bertz CT molecular complexity index is 689. The van der Waals surface area contributed by atoms with Gasteiger partial charge in [-0.25, -0.2) is 13.6 Å². The summed E-state index contributed by atoms with van der Waals surface area (Å²) in [5.74, 6) is -1.09. The van der Waals surface area contributed by atoms with Crippen LogP contribution in [0.2, 0.25) is 0 Å². The average Bonchev–Trinajstić information content (AvgIpc) is 2.78. The number of amides is 1. The Morgan fingerprint density at radius 1 is 1.06 bits per heavy atom. The molecule has 0 unspecified atom stereocenters. The van der Waals surface area contributed by atoms with Crippen LogP contribution in [0.1, 0.15) is 64.7 Å². The highest BCUT2D eigenvalue weighted by Crippen LogP contribution is 2.27. The number of rotatable bonds is 9. The second-order valence-corrected chi connectivity index (χ2v) is 8.72. The number of carbonyl (C=O) groups is 1. The molecule has 2 aliphatic rings. The van der Waals surface area contributed by atoms with Gasteiger partial charge in [0.2, 0.25) is 0 Å². The maximum atomic E-state index is 13.4. The molecule has 0 aromatic heterocycles. The second-order valence-electron chi connectivity index (χ2n) is 8.72. The third-order valence-electron chi connectivity index (χ3n) is 6.57. The molecule has 0 atom stereocenters. The number of unbranched alkanes of at least 4 members (excludes halogenated alkanes) is 1. The monoisotopic (exact) mass is 438 g/mol. The van der Waals surface area contributed by atoms with E-state index in [0.29, 0.717) is 6.54 Å². The summed E-state index contributed by atoms with van der Waals surface area (Å²) in [6.07, 6.45) is 9.58. The standard InChI is InChI=1S/C24H36F2N2O3/c1-2-28(24(29)31-21-10-11-22(25)23(26)17-21)19-6-8-20(9-7-19)30-16-4-3-5-18-12-14-27-15-13-18/h10-11,17-20,27H,2-9,12-16H2,1H3. The van der Waals surface area contributed by atoms with Crippen LogP contribution in [0.4, 0.5) is 13.6 Å². The van der Waals surface area contributed by atoms with Gasteiger partial charge in [-0.1, -0.05) is 12.8 Å². The summed E-state index contributed by atoms with van der Waals surface area (Å²) >= 11 is 0. The summed E-state index contributed by atoms with van der Waals surface area (Å²) in [4.78, 5) is 14.2. The first-order valence-electron chi connectivity index (χ1n) is 11.8. The van der Waals surface area contributed by atoms with Crippen LogP contribution in [0.15, 0.2) is 18.2 Å². The summed E-state index contributed by atoms with van der Waals surface area (Å²) in [5.41, 5.74) is 0. The number of carbonyl (C=O) groups excluding carboxylic acids is 1. The Balaban J connectivity index is 1.34. The van der Waals surface area contributed by atoms with Crippen molar-refractivity contribution in [2.45, 2.75) is 76.9 Å². The number of ether oxygens (including phenoxy) is 2. The highest BCUT2D eigenvalue weighted by Gasteiger charge is 2.29. The van der Waals surface area contributed by atoms with Crippen molar-refractivity contribution in [1.29, 1.82) is 0 Å². The molecule has 1 saturated carbocycles. The molecule has 5 nitrogen and oxygen atoms in total. The van der Waals surface area contributed by atoms with Crippen LogP contribution < -0.4 is 10.1 Å². The Hall–Kier alpha value is -1.73. The summed E-state index contributed by atoms with van der Waals surface area (Å²) in [6.45, 7) is 5.55. The predicted octanol–water partition coefficient (Wildman–Crippen LogP) is 5.28. The van der Waals surface area contributed by atoms with E-state index in [1.54, 1.807) is 4.90 Å². The number of hydrogen-bond donors (Lipinski definition) is 1. The predicted molar refractivity (Wildman–Crippen MR) is 116 cm³/mol. The van der Waals surface area contributed by atoms with Crippen molar-refractivity contribution in [3.63, 3.8) is 0 Å². The van der Waals surface area contributed by atoms with Gasteiger partial charge in [-0.2, -0.15) is 0 Å². The van der Waals surface area contributed by atoms with Gasteiger partial charge in [0, 0.05) is 25.3 Å². The first-order chi connectivity index (χ1) is 15.1. The van der Waals surface area contributed by atoms with Gasteiger partial charge in [0.25, 0.3) is 0 Å². The normalized spacial score (nSPS) is 22.3. The molecule has 0 radical (unpaired) electrons. The molecule has 1 aliphatic heterocycles. The van der Waals surface area contributed by atoms with Gasteiger partial charge in [0.1, 0.15) is 5.75 Å². The lowest BCUT2D eigenvalue weighted by atomic mass is 9.91. The van der Waals surface area contributed by atoms with E-state index in [-0.39, 0.29) is 17.9 Å². The van der Waals surface area contributed by atoms with E-state index in [2.05, 4.69) is 5.32 Å². The van der Waals surface area contributed by atoms with E-state index < -0.39 is 17.7 Å². The minimum Gasteiger partial charge on any atom is -0.410 e. The Labute approximate surface area is 184 Å². The fourth-order valence-electron chi connectivity index (χ4n) is 4.72. The molecule has 3 rings (SSSR count). The van der Waals surface area contributed by atoms with Gasteiger partial charge in [-0.3, -0.25) is 0 Å². The Morgan fingerprint density at radius 3 is 2.48 bits per heavy atom. The third kappa shape index (κ3) is 7.42. The van der Waals surface area contributed by atoms with Crippen LogP contribution in [0, 0.1) is 17.6 Å². The lowest BCUT2D eigenvalue weighted by Gasteiger charge is -2.35. The molecule has 0 spiro atoms. The third-order valence-corrected chi connectivity index (χ3v) is 6.57. The average molecular weight is 439 g/mol. The van der Waals surface area contributed by atoms with Gasteiger partial charge in [-0.05, 0) is 83.0 Å². The molecule has 1 aromatic rings. The molecule has 1 aromatic carbocycles. The van der Waals surface area contributed by atoms with Crippen LogP contribution in [0.5, 0.6) is 5.75 Å². The zero-order valence-electron chi connectivity index (χ0n) is 18.6. The second kappa shape index (κ2) is 12.3. The van der Waals surface area contributed by atoms with Gasteiger partial charge in [-0.15, -0.1) is 0 Å². The lowest BCUT2D eigenvalue weighted by Crippen LogP contribution is -2.44. The lowest BCUT2D eigenvalue weighted by molar-refractivity contribution is 0.00791. The molecule has 1 amide bonds. The number of nitrogens with one attached hydrogen (secondary N) is 1. The van der Waals surface area contributed by atoms with Crippen molar-refractivity contribution < 1.29 is 23.0 Å². The summed E-state index contributed by atoms with van der Waals surface area (Å²) in [5, 5.41) is 3.41. The quantitative estimate of drug-likeness (QED) is 0.533. The van der Waals surface area contributed by atoms with Crippen LogP contribution in [-0.2, 0) is 4.74 Å². The van der Waals surface area contributed by atoms with Crippen LogP contribution in [0.3, 0.4) is 0 Å². The first-order valence-corrected chi connectivity index (χ1v) is 11.8. The van der Waals surface area contributed by atoms with Crippen molar-refractivity contribution >= 4 is 6.09 Å². The van der Waals surface area contributed by atoms with Crippen LogP contribution in [-0.4, -0.2) is 49.4 Å². The van der Waals surface area contributed by atoms with E-state index in [0.717, 1.165) is 69.9 Å². The molecule has 7 heteroatoms. The van der Waals surface area contributed by atoms with E-state index in [1.165, 1.54) is 31.7 Å². The first kappa shape index (κ1) is 23.9. The number of benzene rings is 1. The number of halogens is 2. The van der Waals surface area contributed by atoms with Crippen LogP contribution >= 0.6 is 0 Å². The molecule has 1 aliphatic carbocycles. The van der Waals surface area contributed by atoms with Crippen molar-refractivity contribution in [2.75, 3.05) is 26.2 Å². The molecule has 1 saturated heterocycles. The Morgan fingerprint density at radius 2 is 1.81 bits per heavy atom. The van der Waals surface area contributed by atoms with Gasteiger partial charge in [0.05, 0.1) is 6.10 Å². The number of nitrogens with zero attached hydrogens (tertiary/aromatic N) is 1. The van der Waals surface area contributed by atoms with Crippen molar-refractivity contribution in [3.05, 3.63) is 29.8 Å². The topological polar surface area (TPSA) is 50.8 Å². The zero-order valence-corrected chi connectivity index (χ0v) is 18.6. The summed E-state index contributed by atoms with van der Waals surface area (Å²) in [6, 6.07) is 3.21. The molecular formula is C24H36F2N2O3. The molecule has 31 heavy (non-hydrogen) atoms. The number of piperidine rings is 1. The van der Waals surface area contributed by atoms with Crippen molar-refractivity contribution in [3.8, 4) is 5.75 Å². The minimum atomic E-state index is -1.03. The maximum absolute atomic E-state index is 13.4. The largest absolute Gasteiger partial charge is 0.415 e. The zero-order chi connectivity index (χ0) is 22.1.